The first-order chi connectivity index (χ1) is 23.4. The van der Waals surface area contributed by atoms with E-state index in [2.05, 4.69) is 0 Å². The Morgan fingerprint density at radius 3 is 2.10 bits per heavy atom. The highest BCUT2D eigenvalue weighted by molar-refractivity contribution is 5.86. The van der Waals surface area contributed by atoms with E-state index in [1.54, 1.807) is 0 Å². The van der Waals surface area contributed by atoms with Crippen LogP contribution in [0, 0.1) is 0 Å². The van der Waals surface area contributed by atoms with Crippen LogP contribution in [0.4, 0.5) is 0 Å². The Kier molecular flexibility index (Phi) is 10.7. The Morgan fingerprint density at radius 1 is 0.816 bits per heavy atom. The van der Waals surface area contributed by atoms with Crippen LogP contribution in [0.2, 0.25) is 0 Å². The summed E-state index contributed by atoms with van der Waals surface area (Å²) >= 11 is 0. The molecule has 7 atom stereocenters. The van der Waals surface area contributed by atoms with Gasteiger partial charge in [-0.2, -0.15) is 0 Å². The summed E-state index contributed by atoms with van der Waals surface area (Å²) in [5, 5.41) is 81.5. The highest BCUT2D eigenvalue weighted by Gasteiger charge is 2.44. The second-order valence-corrected chi connectivity index (χ2v) is 11.0. The normalized spacial score (nSPS) is 21.9. The summed E-state index contributed by atoms with van der Waals surface area (Å²) < 4.78 is 39.1. The Labute approximate surface area is 278 Å². The molecular weight excluding hydrogens is 652 g/mol. The quantitative estimate of drug-likeness (QED) is 0.101. The number of methoxy groups -OCH3 is 3. The van der Waals surface area contributed by atoms with Gasteiger partial charge in [0.15, 0.2) is 34.5 Å². The van der Waals surface area contributed by atoms with Crippen LogP contribution in [-0.4, -0.2) is 112 Å². The number of ether oxygens (including phenoxy) is 6. The van der Waals surface area contributed by atoms with Gasteiger partial charge in [0.05, 0.1) is 34.5 Å². The van der Waals surface area contributed by atoms with E-state index in [4.69, 9.17) is 32.8 Å². The first-order valence-electron chi connectivity index (χ1n) is 14.8. The maximum Gasteiger partial charge on any atom is 0.229 e. The molecule has 0 aliphatic carbocycles. The first kappa shape index (κ1) is 35.5. The summed E-state index contributed by atoms with van der Waals surface area (Å²) in [6.07, 6.45) is -10.5. The third-order valence-corrected chi connectivity index (χ3v) is 7.98. The fourth-order valence-electron chi connectivity index (χ4n) is 5.34. The summed E-state index contributed by atoms with van der Waals surface area (Å²) in [4.78, 5) is 13.2. The van der Waals surface area contributed by atoms with Crippen molar-refractivity contribution in [1.29, 1.82) is 0 Å². The molecule has 3 aromatic carbocycles. The molecule has 1 aromatic heterocycles. The van der Waals surface area contributed by atoms with Crippen molar-refractivity contribution >= 4 is 11.0 Å². The van der Waals surface area contributed by atoms with Crippen LogP contribution in [-0.2, 0) is 4.74 Å². The number of aromatic hydroxyl groups is 2. The van der Waals surface area contributed by atoms with Gasteiger partial charge < -0.3 is 73.7 Å². The van der Waals surface area contributed by atoms with Crippen molar-refractivity contribution in [1.82, 2.24) is 0 Å². The van der Waals surface area contributed by atoms with Gasteiger partial charge in [0.1, 0.15) is 58.7 Å². The van der Waals surface area contributed by atoms with Crippen LogP contribution >= 0.6 is 0 Å². The molecule has 0 saturated carbocycles. The topological polar surface area (TPSA) is 247 Å². The van der Waals surface area contributed by atoms with Gasteiger partial charge in [-0.1, -0.05) is 6.07 Å². The molecule has 1 saturated heterocycles. The maximum atomic E-state index is 13.2. The summed E-state index contributed by atoms with van der Waals surface area (Å²) in [7, 11) is 4.01. The molecule has 4 aromatic rings. The molecule has 4 unspecified atom stereocenters. The Bertz CT molecular complexity index is 1810. The average molecular weight is 689 g/mol. The maximum absolute atomic E-state index is 13.2. The van der Waals surface area contributed by atoms with E-state index in [-0.39, 0.29) is 62.4 Å². The predicted octanol–water partition coefficient (Wildman–Crippen LogP) is 0.549. The van der Waals surface area contributed by atoms with E-state index < -0.39 is 67.3 Å². The van der Waals surface area contributed by atoms with Crippen molar-refractivity contribution in [3.63, 3.8) is 0 Å². The molecule has 1 aliphatic rings. The van der Waals surface area contributed by atoms with E-state index in [0.717, 1.165) is 12.1 Å². The van der Waals surface area contributed by atoms with Gasteiger partial charge in [-0.25, -0.2) is 0 Å². The molecule has 49 heavy (non-hydrogen) atoms. The Morgan fingerprint density at radius 2 is 1.49 bits per heavy atom. The molecule has 0 radical (unpaired) electrons. The minimum atomic E-state index is -1.73. The molecule has 2 heterocycles. The van der Waals surface area contributed by atoms with Gasteiger partial charge in [-0.05, 0) is 29.8 Å². The van der Waals surface area contributed by atoms with E-state index in [9.17, 15) is 45.6 Å². The number of hydrogen-bond acceptors (Lipinski definition) is 16. The number of fused-ring (bicyclic) bond motifs is 1. The molecule has 16 heteroatoms. The molecule has 16 nitrogen and oxygen atoms in total. The average Bonchev–Trinajstić information content (AvgIpc) is 3.10. The zero-order valence-electron chi connectivity index (χ0n) is 26.4. The number of phenols is 2. The Hall–Kier alpha value is -4.81. The van der Waals surface area contributed by atoms with Gasteiger partial charge in [0.2, 0.25) is 12.0 Å². The number of hydrogen-bond donors (Lipinski definition) is 8. The van der Waals surface area contributed by atoms with Crippen LogP contribution in [0.1, 0.15) is 11.7 Å². The number of benzene rings is 3. The van der Waals surface area contributed by atoms with E-state index in [0.29, 0.717) is 0 Å². The van der Waals surface area contributed by atoms with Crippen molar-refractivity contribution < 1.29 is 73.7 Å². The van der Waals surface area contributed by atoms with E-state index in [1.165, 1.54) is 57.7 Å². The van der Waals surface area contributed by atoms with Crippen LogP contribution in [0.15, 0.2) is 57.7 Å². The molecule has 5 rings (SSSR count). The fraction of sp³-hybridized carbons (Fsp3) is 0.364. The molecule has 0 bridgehead atoms. The highest BCUT2D eigenvalue weighted by Crippen LogP contribution is 2.44. The highest BCUT2D eigenvalue weighted by atomic mass is 16.7. The standard InChI is InChI=1S/C33H36O16/c1-43-21-6-14(4-5-17(21)36)28(39)25(12-34)48-32-23(44-2)7-15(8-24(32)45-3)20-11-19(38)27-18(37)9-16(10-22(27)47-20)46-33-31(42)30(41)29(40)26(13-35)49-33/h4-11,25-26,28-31,33-37,39-42H,12-13H2,1-3H3/t25?,26?,28?,29-,30+,31?,33-/m1/s1. The largest absolute Gasteiger partial charge is 0.507 e. The number of rotatable bonds is 12. The molecule has 0 amide bonds. The summed E-state index contributed by atoms with van der Waals surface area (Å²) in [5.74, 6) is -0.613. The SMILES string of the molecule is COc1cc(C(O)C(CO)Oc2c(OC)cc(-c3cc(=O)c4c(O)cc(O[C@@H]5OC(CO)[C@@H](O)[C@H](O)C5O)cc4o3)cc2OC)ccc1O. The van der Waals surface area contributed by atoms with Crippen LogP contribution in [0.25, 0.3) is 22.3 Å². The molecule has 1 aliphatic heterocycles. The van der Waals surface area contributed by atoms with Crippen LogP contribution in [0.3, 0.4) is 0 Å². The summed E-state index contributed by atoms with van der Waals surface area (Å²) in [6.45, 7) is -1.33. The fourth-order valence-corrected chi connectivity index (χ4v) is 5.34. The smallest absolute Gasteiger partial charge is 0.229 e. The zero-order chi connectivity index (χ0) is 35.6. The second-order valence-electron chi connectivity index (χ2n) is 11.0. The lowest BCUT2D eigenvalue weighted by molar-refractivity contribution is -0.277. The van der Waals surface area contributed by atoms with Gasteiger partial charge in [0.25, 0.3) is 0 Å². The van der Waals surface area contributed by atoms with Gasteiger partial charge in [-0.3, -0.25) is 4.79 Å². The monoisotopic (exact) mass is 688 g/mol. The lowest BCUT2D eigenvalue weighted by Gasteiger charge is -2.39. The molecule has 0 spiro atoms. The van der Waals surface area contributed by atoms with Gasteiger partial charge in [0, 0.05) is 23.8 Å². The summed E-state index contributed by atoms with van der Waals surface area (Å²) in [5.41, 5.74) is -0.254. The second kappa shape index (κ2) is 14.8. The first-order valence-corrected chi connectivity index (χ1v) is 14.8. The number of aliphatic hydroxyl groups excluding tert-OH is 6. The van der Waals surface area contributed by atoms with Gasteiger partial charge >= 0.3 is 0 Å². The van der Waals surface area contributed by atoms with Crippen LogP contribution in [0.5, 0.6) is 40.2 Å². The van der Waals surface area contributed by atoms with Crippen molar-refractivity contribution in [2.45, 2.75) is 42.9 Å². The van der Waals surface area contributed by atoms with Gasteiger partial charge in [-0.15, -0.1) is 0 Å². The molecule has 1 fully saturated rings. The van der Waals surface area contributed by atoms with Crippen molar-refractivity contribution in [3.8, 4) is 51.6 Å². The molecular formula is C33H36O16. The zero-order valence-corrected chi connectivity index (χ0v) is 26.4. The number of aliphatic hydroxyl groups is 6. The minimum absolute atomic E-state index is 0.00594. The third-order valence-electron chi connectivity index (χ3n) is 7.98. The predicted molar refractivity (Wildman–Crippen MR) is 168 cm³/mol. The van der Waals surface area contributed by atoms with Crippen LogP contribution < -0.4 is 29.1 Å². The molecule has 264 valence electrons. The lowest BCUT2D eigenvalue weighted by atomic mass is 9.99. The van der Waals surface area contributed by atoms with Crippen molar-refractivity contribution in [2.24, 2.45) is 0 Å². The molecule has 8 N–H and O–H groups in total. The minimum Gasteiger partial charge on any atom is -0.507 e. The van der Waals surface area contributed by atoms with E-state index >= 15 is 0 Å². The van der Waals surface area contributed by atoms with Crippen molar-refractivity contribution in [3.05, 3.63) is 64.3 Å². The third kappa shape index (κ3) is 7.02. The van der Waals surface area contributed by atoms with Crippen molar-refractivity contribution in [2.75, 3.05) is 34.5 Å². The number of phenolic OH excluding ortho intramolecular Hbond substituents is 2. The Balaban J connectivity index is 1.48. The lowest BCUT2D eigenvalue weighted by Crippen LogP contribution is -2.60. The summed E-state index contributed by atoms with van der Waals surface area (Å²) in [6, 6.07) is 10.5. The van der Waals surface area contributed by atoms with E-state index in [1.807, 2.05) is 0 Å².